The van der Waals surface area contributed by atoms with Gasteiger partial charge in [0.15, 0.2) is 0 Å². The van der Waals surface area contributed by atoms with Gasteiger partial charge in [0, 0.05) is 105 Å². The number of hydrogen-bond acceptors (Lipinski definition) is 6. The molecule has 0 saturated heterocycles. The minimum atomic E-state index is -4.41. The van der Waals surface area contributed by atoms with E-state index in [1.807, 2.05) is 19.2 Å². The molecule has 6 aromatic heterocycles. The summed E-state index contributed by atoms with van der Waals surface area (Å²) in [7, 11) is 4.25. The number of hydrogen-bond donors (Lipinski definition) is 0. The van der Waals surface area contributed by atoms with E-state index in [4.69, 9.17) is 23.2 Å². The SMILES string of the molecule is CN1CCc2c(c3cc(Cl)cnc3n2CCc2ccc(C(F)(F)F)nc2)C1.Cc1ccc(CCn2c3c(c4cc(Cl)cnc42)CN(C)CC3)cn1. The second kappa shape index (κ2) is 14.5. The number of fused-ring (bicyclic) bond motifs is 6. The first-order valence-corrected chi connectivity index (χ1v) is 17.8. The van der Waals surface area contributed by atoms with Gasteiger partial charge in [0.1, 0.15) is 17.0 Å². The highest BCUT2D eigenvalue weighted by Crippen LogP contribution is 2.33. The second-order valence-electron chi connectivity index (χ2n) is 13.5. The summed E-state index contributed by atoms with van der Waals surface area (Å²) in [6.07, 6.45) is 5.77. The van der Waals surface area contributed by atoms with E-state index in [1.54, 1.807) is 12.4 Å². The number of pyridine rings is 4. The Bertz CT molecular complexity index is 2180. The molecule has 0 radical (unpaired) electrons. The molecule has 13 heteroatoms. The van der Waals surface area contributed by atoms with Crippen molar-refractivity contribution in [2.75, 3.05) is 27.2 Å². The van der Waals surface area contributed by atoms with Crippen LogP contribution in [0.15, 0.2) is 61.2 Å². The Morgan fingerprint density at radius 2 is 1.16 bits per heavy atom. The molecule has 0 N–H and O–H groups in total. The molecule has 0 amide bonds. The summed E-state index contributed by atoms with van der Waals surface area (Å²) in [5.41, 5.74) is 9.42. The van der Waals surface area contributed by atoms with Gasteiger partial charge in [0.2, 0.25) is 0 Å². The van der Waals surface area contributed by atoms with Crippen molar-refractivity contribution in [3.8, 4) is 0 Å². The average Bonchev–Trinajstić information content (AvgIpc) is 3.57. The maximum atomic E-state index is 12.7. The van der Waals surface area contributed by atoms with E-state index in [1.165, 1.54) is 45.7 Å². The van der Waals surface area contributed by atoms with Crippen LogP contribution in [0, 0.1) is 6.92 Å². The zero-order chi connectivity index (χ0) is 35.9. The summed E-state index contributed by atoms with van der Waals surface area (Å²) >= 11 is 12.3. The lowest BCUT2D eigenvalue weighted by molar-refractivity contribution is -0.141. The fourth-order valence-corrected chi connectivity index (χ4v) is 7.51. The summed E-state index contributed by atoms with van der Waals surface area (Å²) in [6, 6.07) is 10.8. The molecule has 0 spiro atoms. The molecule has 51 heavy (non-hydrogen) atoms. The number of aryl methyl sites for hydroxylation is 5. The zero-order valence-corrected chi connectivity index (χ0v) is 30.3. The van der Waals surface area contributed by atoms with Crippen LogP contribution < -0.4 is 0 Å². The number of halogens is 5. The van der Waals surface area contributed by atoms with Crippen LogP contribution in [0.2, 0.25) is 10.0 Å². The third-order valence-corrected chi connectivity index (χ3v) is 10.2. The monoisotopic (exact) mass is 734 g/mol. The minimum Gasteiger partial charge on any atom is -0.329 e. The van der Waals surface area contributed by atoms with E-state index in [0.717, 1.165) is 86.0 Å². The van der Waals surface area contributed by atoms with E-state index in [-0.39, 0.29) is 0 Å². The third kappa shape index (κ3) is 7.62. The first-order valence-electron chi connectivity index (χ1n) is 17.1. The lowest BCUT2D eigenvalue weighted by Gasteiger charge is -2.24. The van der Waals surface area contributed by atoms with Gasteiger partial charge in [-0.25, -0.2) is 9.97 Å². The van der Waals surface area contributed by atoms with Gasteiger partial charge >= 0.3 is 6.18 Å². The molecule has 8 nitrogen and oxygen atoms in total. The summed E-state index contributed by atoms with van der Waals surface area (Å²) in [5, 5.41) is 3.56. The topological polar surface area (TPSA) is 67.9 Å². The zero-order valence-electron chi connectivity index (χ0n) is 28.8. The largest absolute Gasteiger partial charge is 0.433 e. The van der Waals surface area contributed by atoms with Crippen molar-refractivity contribution in [1.82, 2.24) is 38.9 Å². The van der Waals surface area contributed by atoms with Gasteiger partial charge in [-0.15, -0.1) is 0 Å². The third-order valence-electron chi connectivity index (χ3n) is 9.83. The molecule has 0 fully saturated rings. The van der Waals surface area contributed by atoms with Crippen LogP contribution in [0.4, 0.5) is 13.2 Å². The van der Waals surface area contributed by atoms with Crippen LogP contribution >= 0.6 is 23.2 Å². The van der Waals surface area contributed by atoms with E-state index in [0.29, 0.717) is 23.0 Å². The lowest BCUT2D eigenvalue weighted by atomic mass is 10.1. The van der Waals surface area contributed by atoms with Gasteiger partial charge in [-0.1, -0.05) is 35.3 Å². The fraction of sp³-hybridized carbons (Fsp3) is 0.368. The van der Waals surface area contributed by atoms with E-state index in [9.17, 15) is 13.2 Å². The normalized spacial score (nSPS) is 15.1. The summed E-state index contributed by atoms with van der Waals surface area (Å²) < 4.78 is 42.6. The predicted molar refractivity (Wildman–Crippen MR) is 195 cm³/mol. The standard InChI is InChI=1S/C19H18ClF3N4.C19H21ClN4/c1-26-6-5-16-15(11-26)14-8-13(20)10-25-18(14)27(16)7-4-12-2-3-17(24-9-12)19(21,22)23;1-13-3-4-14(10-21-13)5-8-24-18-6-7-23(2)12-17(18)16-9-15(20)11-22-19(16)24/h2-3,8-10H,4-7,11H2,1H3;3-4,9-11H,5-8,12H2,1-2H3. The molecule has 8 heterocycles. The van der Waals surface area contributed by atoms with E-state index in [2.05, 4.69) is 71.2 Å². The molecular formula is C38H39Cl2F3N8. The quantitative estimate of drug-likeness (QED) is 0.173. The molecule has 0 aliphatic carbocycles. The Morgan fingerprint density at radius 3 is 1.59 bits per heavy atom. The second-order valence-corrected chi connectivity index (χ2v) is 14.4. The molecule has 8 rings (SSSR count). The maximum absolute atomic E-state index is 12.7. The summed E-state index contributed by atoms with van der Waals surface area (Å²) in [5.74, 6) is 0. The van der Waals surface area contributed by atoms with Crippen LogP contribution in [0.3, 0.4) is 0 Å². The molecule has 2 aliphatic heterocycles. The van der Waals surface area contributed by atoms with Crippen LogP contribution in [0.25, 0.3) is 22.1 Å². The van der Waals surface area contributed by atoms with Gasteiger partial charge < -0.3 is 18.9 Å². The van der Waals surface area contributed by atoms with Crippen molar-refractivity contribution in [1.29, 1.82) is 0 Å². The predicted octanol–water partition coefficient (Wildman–Crippen LogP) is 7.96. The Balaban J connectivity index is 0.000000160. The molecule has 6 aromatic rings. The molecule has 0 atom stereocenters. The van der Waals surface area contributed by atoms with Crippen molar-refractivity contribution in [3.05, 3.63) is 116 Å². The molecule has 0 unspecified atom stereocenters. The van der Waals surface area contributed by atoms with E-state index >= 15 is 0 Å². The number of alkyl halides is 3. The fourth-order valence-electron chi connectivity index (χ4n) is 7.20. The number of likely N-dealkylation sites (N-methyl/N-ethyl adjacent to an activating group) is 2. The lowest BCUT2D eigenvalue weighted by Crippen LogP contribution is -2.27. The van der Waals surface area contributed by atoms with Crippen LogP contribution in [0.1, 0.15) is 45.0 Å². The molecule has 0 saturated carbocycles. The van der Waals surface area contributed by atoms with E-state index < -0.39 is 11.9 Å². The summed E-state index contributed by atoms with van der Waals surface area (Å²) in [6.45, 7) is 7.42. The van der Waals surface area contributed by atoms with Crippen molar-refractivity contribution in [2.24, 2.45) is 0 Å². The highest BCUT2D eigenvalue weighted by molar-refractivity contribution is 6.31. The van der Waals surface area contributed by atoms with Gasteiger partial charge in [0.25, 0.3) is 0 Å². The first kappa shape index (κ1) is 35.4. The van der Waals surface area contributed by atoms with Crippen molar-refractivity contribution >= 4 is 45.3 Å². The van der Waals surface area contributed by atoms with Gasteiger partial charge in [-0.2, -0.15) is 13.2 Å². The Labute approximate surface area is 304 Å². The Kier molecular flexibility index (Phi) is 10.1. The van der Waals surface area contributed by atoms with Crippen LogP contribution in [-0.4, -0.2) is 66.1 Å². The van der Waals surface area contributed by atoms with Gasteiger partial charge in [0.05, 0.1) is 10.0 Å². The molecular weight excluding hydrogens is 696 g/mol. The van der Waals surface area contributed by atoms with Gasteiger partial charge in [-0.05, 0) is 80.4 Å². The Hall–Kier alpha value is -4.03. The van der Waals surface area contributed by atoms with Crippen LogP contribution in [-0.2, 0) is 58.0 Å². The van der Waals surface area contributed by atoms with Crippen molar-refractivity contribution in [3.63, 3.8) is 0 Å². The van der Waals surface area contributed by atoms with Gasteiger partial charge in [-0.3, -0.25) is 9.97 Å². The molecule has 0 aromatic carbocycles. The van der Waals surface area contributed by atoms with Crippen molar-refractivity contribution < 1.29 is 13.2 Å². The molecule has 0 bridgehead atoms. The Morgan fingerprint density at radius 1 is 0.667 bits per heavy atom. The number of nitrogens with zero attached hydrogens (tertiary/aromatic N) is 8. The summed E-state index contributed by atoms with van der Waals surface area (Å²) in [4.78, 5) is 21.7. The maximum Gasteiger partial charge on any atom is 0.433 e. The van der Waals surface area contributed by atoms with Crippen LogP contribution in [0.5, 0.6) is 0 Å². The highest BCUT2D eigenvalue weighted by atomic mass is 35.5. The molecule has 2 aliphatic rings. The average molecular weight is 736 g/mol. The number of rotatable bonds is 6. The van der Waals surface area contributed by atoms with Crippen molar-refractivity contribution in [2.45, 2.75) is 65.0 Å². The minimum absolute atomic E-state index is 0.585. The smallest absolute Gasteiger partial charge is 0.329 e. The number of aromatic nitrogens is 6. The highest BCUT2D eigenvalue weighted by Gasteiger charge is 2.32. The first-order chi connectivity index (χ1) is 24.4. The molecule has 266 valence electrons.